The molecule has 1 atom stereocenters. The van der Waals surface area contributed by atoms with Crippen molar-refractivity contribution in [3.63, 3.8) is 0 Å². The Kier molecular flexibility index (Phi) is 11.1. The second-order valence-corrected chi connectivity index (χ2v) is 8.50. The van der Waals surface area contributed by atoms with Gasteiger partial charge in [0.25, 0.3) is 5.69 Å². The summed E-state index contributed by atoms with van der Waals surface area (Å²) in [6.45, 7) is 5.91. The van der Waals surface area contributed by atoms with Crippen LogP contribution >= 0.6 is 24.0 Å². The van der Waals surface area contributed by atoms with Gasteiger partial charge in [0, 0.05) is 50.8 Å². The largest absolute Gasteiger partial charge is 0.357 e. The zero-order valence-electron chi connectivity index (χ0n) is 17.5. The monoisotopic (exact) mass is 568 g/mol. The Labute approximate surface area is 199 Å². The van der Waals surface area contributed by atoms with E-state index in [1.807, 2.05) is 18.7 Å². The van der Waals surface area contributed by atoms with Crippen molar-refractivity contribution in [1.82, 2.24) is 20.3 Å². The van der Waals surface area contributed by atoms with Crippen molar-refractivity contribution < 1.29 is 18.1 Å². The molecule has 1 aliphatic rings. The summed E-state index contributed by atoms with van der Waals surface area (Å²) in [6.07, 6.45) is 1.29. The molecule has 0 spiro atoms. The van der Waals surface area contributed by atoms with Crippen LogP contribution < -0.4 is 15.4 Å². The van der Waals surface area contributed by atoms with Crippen LogP contribution in [0.15, 0.2) is 34.2 Å². The highest BCUT2D eigenvalue weighted by atomic mass is 127. The van der Waals surface area contributed by atoms with Crippen molar-refractivity contribution in [2.24, 2.45) is 4.99 Å². The van der Waals surface area contributed by atoms with E-state index in [9.17, 15) is 23.3 Å². The molecule has 1 unspecified atom stereocenters. The number of halogens is 1. The molecule has 1 aromatic rings. The van der Waals surface area contributed by atoms with Gasteiger partial charge in [-0.2, -0.15) is 0 Å². The predicted molar refractivity (Wildman–Crippen MR) is 128 cm³/mol. The lowest BCUT2D eigenvalue weighted by atomic mass is 10.3. The maximum Gasteiger partial charge on any atom is 0.270 e. The van der Waals surface area contributed by atoms with Crippen LogP contribution in [-0.4, -0.2) is 68.9 Å². The fourth-order valence-electron chi connectivity index (χ4n) is 3.04. The number of amides is 1. The summed E-state index contributed by atoms with van der Waals surface area (Å²) in [6, 6.07) is 4.95. The van der Waals surface area contributed by atoms with E-state index < -0.39 is 14.9 Å². The van der Waals surface area contributed by atoms with Gasteiger partial charge in [-0.25, -0.2) is 13.1 Å². The molecule has 13 heteroatoms. The number of carbonyl (C=O) groups is 1. The smallest absolute Gasteiger partial charge is 0.270 e. The average molecular weight is 568 g/mol. The first kappa shape index (κ1) is 27.0. The van der Waals surface area contributed by atoms with E-state index in [1.165, 1.54) is 18.2 Å². The minimum Gasteiger partial charge on any atom is -0.357 e. The maximum atomic E-state index is 12.3. The summed E-state index contributed by atoms with van der Waals surface area (Å²) in [7, 11) is -3.88. The second kappa shape index (κ2) is 12.8. The highest BCUT2D eigenvalue weighted by Crippen LogP contribution is 2.17. The van der Waals surface area contributed by atoms with Gasteiger partial charge in [-0.05, 0) is 19.4 Å². The van der Waals surface area contributed by atoms with Crippen molar-refractivity contribution in [3.05, 3.63) is 34.4 Å². The molecule has 1 fully saturated rings. The molecule has 1 aromatic carbocycles. The van der Waals surface area contributed by atoms with Gasteiger partial charge < -0.3 is 15.5 Å². The molecule has 2 rings (SSSR count). The normalized spacial score (nSPS) is 16.5. The van der Waals surface area contributed by atoms with Crippen LogP contribution in [0.5, 0.6) is 0 Å². The van der Waals surface area contributed by atoms with Crippen LogP contribution in [-0.2, 0) is 14.8 Å². The first-order chi connectivity index (χ1) is 14.3. The lowest BCUT2D eigenvalue weighted by Gasteiger charge is -2.18. The zero-order valence-corrected chi connectivity index (χ0v) is 20.7. The number of nitrogens with one attached hydrogen (secondary N) is 3. The summed E-state index contributed by atoms with van der Waals surface area (Å²) in [5, 5.41) is 17.2. The number of guanidine groups is 1. The molecule has 1 amide bonds. The summed E-state index contributed by atoms with van der Waals surface area (Å²) >= 11 is 0. The quantitative estimate of drug-likeness (QED) is 0.101. The number of hydrogen-bond acceptors (Lipinski definition) is 6. The summed E-state index contributed by atoms with van der Waals surface area (Å²) in [5.41, 5.74) is -0.290. The van der Waals surface area contributed by atoms with Crippen LogP contribution in [0.1, 0.15) is 26.7 Å². The van der Waals surface area contributed by atoms with Gasteiger partial charge in [0.15, 0.2) is 5.96 Å². The Morgan fingerprint density at radius 3 is 2.74 bits per heavy atom. The number of sulfonamides is 1. The Balaban J connectivity index is 0.00000480. The Morgan fingerprint density at radius 1 is 1.35 bits per heavy atom. The molecule has 174 valence electrons. The van der Waals surface area contributed by atoms with Gasteiger partial charge in [-0.3, -0.25) is 19.9 Å². The van der Waals surface area contributed by atoms with Crippen LogP contribution in [0.3, 0.4) is 0 Å². The third-order valence-electron chi connectivity index (χ3n) is 4.54. The van der Waals surface area contributed by atoms with Crippen molar-refractivity contribution in [3.8, 4) is 0 Å². The van der Waals surface area contributed by atoms with E-state index in [0.717, 1.165) is 12.5 Å². The van der Waals surface area contributed by atoms with E-state index >= 15 is 0 Å². The number of nitrogens with zero attached hydrogens (tertiary/aromatic N) is 3. The molecule has 0 aliphatic carbocycles. The number of non-ortho nitro benzene ring substituents is 1. The number of aliphatic imine (C=N–C) groups is 1. The van der Waals surface area contributed by atoms with E-state index in [4.69, 9.17) is 0 Å². The minimum absolute atomic E-state index is 0. The lowest BCUT2D eigenvalue weighted by Crippen LogP contribution is -2.45. The standard InChI is InChI=1S/C18H28N6O5S.HI/c1-3-17(25)23-11-8-14(13-23)22-18(19-4-2)20-9-10-21-30(28,29)16-7-5-6-15(12-16)24(26)27;/h5-7,12,14,21H,3-4,8-11,13H2,1-2H3,(H2,19,20,22);1H. The Bertz CT molecular complexity index is 895. The fourth-order valence-corrected chi connectivity index (χ4v) is 4.10. The highest BCUT2D eigenvalue weighted by molar-refractivity contribution is 14.0. The molecular weight excluding hydrogens is 539 g/mol. The maximum absolute atomic E-state index is 12.3. The number of nitro benzene ring substituents is 1. The van der Waals surface area contributed by atoms with Gasteiger partial charge in [-0.15, -0.1) is 24.0 Å². The van der Waals surface area contributed by atoms with Gasteiger partial charge in [-0.1, -0.05) is 13.0 Å². The van der Waals surface area contributed by atoms with E-state index in [1.54, 1.807) is 0 Å². The van der Waals surface area contributed by atoms with Gasteiger partial charge >= 0.3 is 0 Å². The van der Waals surface area contributed by atoms with E-state index in [0.29, 0.717) is 32.0 Å². The fraction of sp³-hybridized carbons (Fsp3) is 0.556. The van der Waals surface area contributed by atoms with Crippen molar-refractivity contribution >= 4 is 51.6 Å². The van der Waals surface area contributed by atoms with E-state index in [-0.39, 0.29) is 59.6 Å². The molecule has 0 radical (unpaired) electrons. The molecule has 0 bridgehead atoms. The SMILES string of the molecule is CCNC(=NCCNS(=O)(=O)c1cccc([N+](=O)[O-])c1)NC1CCN(C(=O)CC)C1.I. The molecule has 1 aliphatic heterocycles. The van der Waals surface area contributed by atoms with Crippen molar-refractivity contribution in [1.29, 1.82) is 0 Å². The van der Waals surface area contributed by atoms with Crippen molar-refractivity contribution in [2.45, 2.75) is 37.6 Å². The molecular formula is C18H29IN6O5S. The molecule has 0 saturated carbocycles. The first-order valence-electron chi connectivity index (χ1n) is 9.83. The Morgan fingerprint density at radius 2 is 2.10 bits per heavy atom. The number of rotatable bonds is 9. The van der Waals surface area contributed by atoms with Crippen LogP contribution in [0.4, 0.5) is 5.69 Å². The van der Waals surface area contributed by atoms with Gasteiger partial charge in [0.1, 0.15) is 0 Å². The molecule has 0 aromatic heterocycles. The molecule has 1 heterocycles. The highest BCUT2D eigenvalue weighted by Gasteiger charge is 2.25. The van der Waals surface area contributed by atoms with Crippen LogP contribution in [0.2, 0.25) is 0 Å². The van der Waals surface area contributed by atoms with Crippen LogP contribution in [0, 0.1) is 10.1 Å². The van der Waals surface area contributed by atoms with Crippen LogP contribution in [0.25, 0.3) is 0 Å². The topological polar surface area (TPSA) is 146 Å². The summed E-state index contributed by atoms with van der Waals surface area (Å²) in [5.74, 6) is 0.666. The number of likely N-dealkylation sites (tertiary alicyclic amines) is 1. The zero-order chi connectivity index (χ0) is 22.1. The minimum atomic E-state index is -3.88. The lowest BCUT2D eigenvalue weighted by molar-refractivity contribution is -0.385. The molecule has 3 N–H and O–H groups in total. The number of hydrogen-bond donors (Lipinski definition) is 3. The second-order valence-electron chi connectivity index (χ2n) is 6.74. The Hall–Kier alpha value is -2.00. The van der Waals surface area contributed by atoms with Gasteiger partial charge in [0.2, 0.25) is 15.9 Å². The summed E-state index contributed by atoms with van der Waals surface area (Å²) < 4.78 is 27.1. The predicted octanol–water partition coefficient (Wildman–Crippen LogP) is 1.06. The number of carbonyl (C=O) groups excluding carboxylic acids is 1. The number of benzene rings is 1. The average Bonchev–Trinajstić information content (AvgIpc) is 3.19. The number of nitro groups is 1. The first-order valence-corrected chi connectivity index (χ1v) is 11.3. The van der Waals surface area contributed by atoms with Gasteiger partial charge in [0.05, 0.1) is 16.4 Å². The van der Waals surface area contributed by atoms with E-state index in [2.05, 4.69) is 20.3 Å². The molecule has 1 saturated heterocycles. The molecule has 31 heavy (non-hydrogen) atoms. The summed E-state index contributed by atoms with van der Waals surface area (Å²) in [4.78, 5) is 28.0. The molecule has 11 nitrogen and oxygen atoms in total. The third-order valence-corrected chi connectivity index (χ3v) is 6.00. The third kappa shape index (κ3) is 8.22. The van der Waals surface area contributed by atoms with Crippen molar-refractivity contribution in [2.75, 3.05) is 32.7 Å².